The van der Waals surface area contributed by atoms with Gasteiger partial charge < -0.3 is 56.7 Å². The number of nitrogens with zero attached hydrogens (tertiary/aromatic N) is 1. The van der Waals surface area contributed by atoms with Crippen molar-refractivity contribution < 1.29 is 14.2 Å². The van der Waals surface area contributed by atoms with Crippen LogP contribution in [0.1, 0.15) is 58.6 Å². The average molecular weight is 1300 g/mol. The molecule has 0 saturated heterocycles. The normalized spacial score (nSPS) is 9.51. The molecule has 0 spiro atoms. The van der Waals surface area contributed by atoms with Crippen molar-refractivity contribution in [2.75, 3.05) is 111 Å². The molecular weight excluding hydrogens is 1200 g/mol. The Hall–Kier alpha value is -6.68. The summed E-state index contributed by atoms with van der Waals surface area (Å²) < 4.78 is 16.2. The summed E-state index contributed by atoms with van der Waals surface area (Å²) in [5.41, 5.74) is 10.2. The number of aryl methyl sites for hydroxylation is 1. The van der Waals surface area contributed by atoms with Crippen LogP contribution in [0.2, 0.25) is 15.1 Å². The fraction of sp³-hybridized carbons (Fsp3) is 0.329. The third-order valence-electron chi connectivity index (χ3n) is 11.7. The lowest BCUT2D eigenvalue weighted by Crippen LogP contribution is -2.15. The number of nitrogens with one attached hydrogen (secondary N) is 8. The second-order valence-electron chi connectivity index (χ2n) is 19.1. The molecule has 0 radical (unpaired) electrons. The Labute approximate surface area is 541 Å². The number of halogens is 4. The van der Waals surface area contributed by atoms with Crippen molar-refractivity contribution in [1.29, 1.82) is 0 Å². The second kappa shape index (κ2) is 51.5. The lowest BCUT2D eigenvalue weighted by Gasteiger charge is -2.06. The monoisotopic (exact) mass is 1300 g/mol. The van der Waals surface area contributed by atoms with E-state index in [4.69, 9.17) is 49.0 Å². The number of pyridine rings is 1. The second-order valence-corrected chi connectivity index (χ2v) is 21.3. The molecule has 470 valence electrons. The van der Waals surface area contributed by atoms with Gasteiger partial charge in [0.2, 0.25) is 0 Å². The largest absolute Gasteiger partial charge is 0.497 e. The SMILES string of the molecule is CCCCc1ccccc1.CNC(C)C.CNCC(C)C.CNCc1cccnc1.CNc1cc(Cl)ccc1OC.CNc1cc(OC)ccc1Cl.CNc1ccc(-c2ccccc2)cc1.CNc1ccc(OC)c(Cl)c1.CNc1cccc(Br)c1. The van der Waals surface area contributed by atoms with Crippen molar-refractivity contribution in [3.05, 3.63) is 219 Å². The number of methoxy groups -OCH3 is 3. The van der Waals surface area contributed by atoms with Gasteiger partial charge in [0.25, 0.3) is 0 Å². The quantitative estimate of drug-likeness (QED) is 0.0441. The van der Waals surface area contributed by atoms with Crippen LogP contribution >= 0.6 is 50.7 Å². The van der Waals surface area contributed by atoms with Gasteiger partial charge in [0.1, 0.15) is 17.2 Å². The van der Waals surface area contributed by atoms with E-state index in [0.29, 0.717) is 26.9 Å². The molecule has 0 saturated carbocycles. The minimum absolute atomic E-state index is 0.624. The molecule has 1 aromatic heterocycles. The van der Waals surface area contributed by atoms with Crippen LogP contribution in [0.4, 0.5) is 28.4 Å². The van der Waals surface area contributed by atoms with E-state index in [1.54, 1.807) is 39.7 Å². The summed E-state index contributed by atoms with van der Waals surface area (Å²) >= 11 is 20.8. The highest BCUT2D eigenvalue weighted by Gasteiger charge is 2.02. The van der Waals surface area contributed by atoms with Gasteiger partial charge in [-0.2, -0.15) is 0 Å². The van der Waals surface area contributed by atoms with Crippen molar-refractivity contribution in [3.8, 4) is 28.4 Å². The van der Waals surface area contributed by atoms with Gasteiger partial charge in [-0.05, 0) is 154 Å². The number of unbranched alkanes of at least 4 members (excludes halogenated alkanes) is 1. The molecule has 0 atom stereocenters. The van der Waals surface area contributed by atoms with E-state index >= 15 is 0 Å². The van der Waals surface area contributed by atoms with Gasteiger partial charge >= 0.3 is 0 Å². The Bertz CT molecular complexity index is 2880. The molecule has 0 fully saturated rings. The molecule has 0 aliphatic heterocycles. The van der Waals surface area contributed by atoms with E-state index in [0.717, 1.165) is 63.4 Å². The first-order chi connectivity index (χ1) is 41.5. The van der Waals surface area contributed by atoms with E-state index in [1.165, 1.54) is 41.5 Å². The molecule has 16 heteroatoms. The number of anilines is 5. The summed E-state index contributed by atoms with van der Waals surface area (Å²) in [4.78, 5) is 3.96. The highest BCUT2D eigenvalue weighted by atomic mass is 79.9. The van der Waals surface area contributed by atoms with Crippen LogP contribution in [-0.2, 0) is 13.0 Å². The zero-order valence-corrected chi connectivity index (χ0v) is 57.6. The summed E-state index contributed by atoms with van der Waals surface area (Å²) in [6.07, 6.45) is 7.46. The minimum atomic E-state index is 0.624. The number of ether oxygens (including phenoxy) is 3. The molecule has 12 nitrogen and oxygen atoms in total. The predicted molar refractivity (Wildman–Crippen MR) is 383 cm³/mol. The highest BCUT2D eigenvalue weighted by molar-refractivity contribution is 9.10. The Balaban J connectivity index is 0.000000957. The Morgan fingerprint density at radius 2 is 1.05 bits per heavy atom. The van der Waals surface area contributed by atoms with Crippen molar-refractivity contribution in [1.82, 2.24) is 20.9 Å². The van der Waals surface area contributed by atoms with E-state index in [1.807, 2.05) is 148 Å². The Kier molecular flexibility index (Phi) is 47.5. The van der Waals surface area contributed by atoms with Crippen LogP contribution in [0.25, 0.3) is 11.1 Å². The maximum atomic E-state index is 5.84. The first-order valence-electron chi connectivity index (χ1n) is 28.7. The fourth-order valence-corrected chi connectivity index (χ4v) is 7.81. The Morgan fingerprint density at radius 3 is 1.50 bits per heavy atom. The van der Waals surface area contributed by atoms with Crippen molar-refractivity contribution in [3.63, 3.8) is 0 Å². The highest BCUT2D eigenvalue weighted by Crippen LogP contribution is 2.29. The maximum absolute atomic E-state index is 5.84. The molecular formula is C70H99BrCl3N9O3. The molecule has 8 rings (SSSR count). The van der Waals surface area contributed by atoms with Gasteiger partial charge in [0, 0.05) is 92.8 Å². The molecule has 1 heterocycles. The van der Waals surface area contributed by atoms with Gasteiger partial charge in [-0.25, -0.2) is 0 Å². The number of benzene rings is 7. The number of hydrogen-bond donors (Lipinski definition) is 8. The smallest absolute Gasteiger partial charge is 0.142 e. The standard InChI is InChI=1S/C13H13N.C10H14.3C8H10ClNO.C7H8BrN.C7H10N2.C5H13N.C4H11N/c1-14-13-9-7-12(8-10-13)11-5-3-2-4-6-11;1-2-3-7-10-8-5-4-6-9-10;1-10-6-3-4-8(11-2)7(9)5-6;1-10-7-5-6(9)3-4-8(7)11-2;1-10-8-5-6(11-2)3-4-7(8)9;1-9-7-4-2-3-6(8)5-7;1-8-5-7-3-2-4-9-6-7;1-5(2)4-6-3;1-4(2)5-3/h2-10,14H,1H3;4-6,8-9H,2-3,7H2,1H3;3*3-5,10H,1-2H3;2-5,9H,1H3;2-4,6,8H,5H2,1H3;5-6H,4H2,1-3H3;4-5H,1-3H3. The Morgan fingerprint density at radius 1 is 0.488 bits per heavy atom. The van der Waals surface area contributed by atoms with E-state index in [9.17, 15) is 0 Å². The van der Waals surface area contributed by atoms with E-state index in [-0.39, 0.29) is 0 Å². The minimum Gasteiger partial charge on any atom is -0.497 e. The molecule has 86 heavy (non-hydrogen) atoms. The van der Waals surface area contributed by atoms with Crippen LogP contribution in [0.15, 0.2) is 193 Å². The first-order valence-corrected chi connectivity index (χ1v) is 30.6. The number of hydrogen-bond acceptors (Lipinski definition) is 12. The van der Waals surface area contributed by atoms with Crippen molar-refractivity contribution in [2.45, 2.75) is 66.5 Å². The van der Waals surface area contributed by atoms with Crippen molar-refractivity contribution >= 4 is 79.2 Å². The molecule has 0 aliphatic carbocycles. The van der Waals surface area contributed by atoms with Crippen LogP contribution < -0.4 is 56.7 Å². The summed E-state index contributed by atoms with van der Waals surface area (Å²) in [6.45, 7) is 12.9. The van der Waals surface area contributed by atoms with Gasteiger partial charge in [-0.3, -0.25) is 4.98 Å². The molecule has 0 aliphatic rings. The van der Waals surface area contributed by atoms with Crippen LogP contribution in [0, 0.1) is 5.92 Å². The van der Waals surface area contributed by atoms with Gasteiger partial charge in [0.15, 0.2) is 0 Å². The van der Waals surface area contributed by atoms with E-state index in [2.05, 4.69) is 177 Å². The maximum Gasteiger partial charge on any atom is 0.142 e. The summed E-state index contributed by atoms with van der Waals surface area (Å²) in [7, 11) is 20.0. The van der Waals surface area contributed by atoms with Crippen LogP contribution in [0.3, 0.4) is 0 Å². The van der Waals surface area contributed by atoms with Crippen LogP contribution in [-0.4, -0.2) is 95.3 Å². The molecule has 8 aromatic rings. The topological polar surface area (TPSA) is 137 Å². The van der Waals surface area contributed by atoms with Gasteiger partial charge in [0.05, 0.1) is 42.7 Å². The number of rotatable bonds is 17. The third kappa shape index (κ3) is 38.4. The fourth-order valence-electron chi connectivity index (χ4n) is 6.76. The molecule has 7 aromatic carbocycles. The van der Waals surface area contributed by atoms with Crippen LogP contribution in [0.5, 0.6) is 17.2 Å². The predicted octanol–water partition coefficient (Wildman–Crippen LogP) is 18.4. The lowest BCUT2D eigenvalue weighted by molar-refractivity contribution is 0.415. The zero-order chi connectivity index (χ0) is 64.3. The summed E-state index contributed by atoms with van der Waals surface area (Å²) in [6, 6.07) is 58.6. The molecule has 0 bridgehead atoms. The lowest BCUT2D eigenvalue weighted by atomic mass is 10.1. The molecule has 0 unspecified atom stereocenters. The average Bonchev–Trinajstić information content (AvgIpc) is 3.76. The first kappa shape index (κ1) is 79.3. The zero-order valence-electron chi connectivity index (χ0n) is 53.8. The van der Waals surface area contributed by atoms with Gasteiger partial charge in [-0.15, -0.1) is 0 Å². The molecule has 0 amide bonds. The third-order valence-corrected chi connectivity index (χ3v) is 13.0. The number of aromatic nitrogens is 1. The summed E-state index contributed by atoms with van der Waals surface area (Å²) in [5, 5.41) is 26.2. The van der Waals surface area contributed by atoms with E-state index < -0.39 is 0 Å². The van der Waals surface area contributed by atoms with Crippen molar-refractivity contribution in [2.24, 2.45) is 5.92 Å². The molecule has 8 N–H and O–H groups in total. The van der Waals surface area contributed by atoms with Gasteiger partial charge in [-0.1, -0.05) is 177 Å². The summed E-state index contributed by atoms with van der Waals surface area (Å²) in [5.74, 6) is 3.09.